The van der Waals surface area contributed by atoms with Gasteiger partial charge in [-0.15, -0.1) is 11.8 Å². The number of carboxylic acid groups (broad SMARTS) is 1. The topological polar surface area (TPSA) is 83.6 Å². The smallest absolute Gasteiger partial charge is 0.352 e. The molecule has 5 nitrogen and oxygen atoms in total. The summed E-state index contributed by atoms with van der Waals surface area (Å²) >= 11 is 5.75. The summed E-state index contributed by atoms with van der Waals surface area (Å²) in [6.45, 7) is 1.73. The number of carboxylic acids is 1. The lowest BCUT2D eigenvalue weighted by atomic mass is 10.0. The van der Waals surface area contributed by atoms with Crippen LogP contribution in [-0.4, -0.2) is 39.1 Å². The van der Waals surface area contributed by atoms with Crippen molar-refractivity contribution in [3.8, 4) is 0 Å². The van der Waals surface area contributed by atoms with E-state index in [1.165, 1.54) is 16.7 Å². The van der Waals surface area contributed by atoms with E-state index < -0.39 is 12.0 Å². The predicted octanol–water partition coefficient (Wildman–Crippen LogP) is 1.36. The molecule has 0 spiro atoms. The highest BCUT2D eigenvalue weighted by atomic mass is 128. The van der Waals surface area contributed by atoms with Crippen LogP contribution in [0.25, 0.3) is 0 Å². The maximum atomic E-state index is 11.3. The second-order valence-electron chi connectivity index (χ2n) is 3.37. The summed E-state index contributed by atoms with van der Waals surface area (Å²) in [7, 11) is 0. The number of fused-ring (bicyclic) bond motifs is 1. The molecule has 0 aromatic carbocycles. The first-order chi connectivity index (χ1) is 7.54. The van der Waals surface area contributed by atoms with Gasteiger partial charge in [0.2, 0.25) is 5.91 Å². The number of halogens is 2. The van der Waals surface area contributed by atoms with Crippen molar-refractivity contribution in [3.05, 3.63) is 11.3 Å². The molecule has 8 heteroatoms. The summed E-state index contributed by atoms with van der Waals surface area (Å²) in [6, 6.07) is -0.539. The van der Waals surface area contributed by atoms with Gasteiger partial charge in [-0.3, -0.25) is 9.69 Å². The zero-order valence-electron chi connectivity index (χ0n) is 8.31. The first kappa shape index (κ1) is 14.5. The Balaban J connectivity index is 0.000000606. The summed E-state index contributed by atoms with van der Waals surface area (Å²) in [6.07, 6.45) is 0. The van der Waals surface area contributed by atoms with Crippen molar-refractivity contribution in [1.29, 1.82) is 0 Å². The third-order valence-corrected chi connectivity index (χ3v) is 3.85. The van der Waals surface area contributed by atoms with Crippen LogP contribution in [0.1, 0.15) is 6.92 Å². The van der Waals surface area contributed by atoms with Gasteiger partial charge in [0.1, 0.15) is 17.1 Å². The Morgan fingerprint density at radius 3 is 2.69 bits per heavy atom. The molecule has 2 atom stereocenters. The summed E-state index contributed by atoms with van der Waals surface area (Å²) in [5, 5.41) is 8.75. The summed E-state index contributed by atoms with van der Waals surface area (Å²) in [5.74, 6) is -0.712. The number of nitrogens with zero attached hydrogens (tertiary/aromatic N) is 1. The summed E-state index contributed by atoms with van der Waals surface area (Å²) in [5.41, 5.74) is 6.39. The van der Waals surface area contributed by atoms with E-state index in [0.29, 0.717) is 5.75 Å². The molecule has 0 bridgehead atoms. The van der Waals surface area contributed by atoms with Gasteiger partial charge in [0, 0.05) is 43.0 Å². The lowest BCUT2D eigenvalue weighted by Gasteiger charge is -2.47. The van der Waals surface area contributed by atoms with Crippen LogP contribution in [0.15, 0.2) is 11.3 Å². The second-order valence-corrected chi connectivity index (χ2v) is 4.47. The molecule has 1 amide bonds. The van der Waals surface area contributed by atoms with Crippen LogP contribution in [0.2, 0.25) is 0 Å². The standard InChI is InChI=1S/C8H10N2O3S.I2/c1-3-2-14-7-4(9)6(11)10(7)5(3)8(12)13;1-2/h4,7H,2,9H2,1H3,(H,12,13);. The number of hydrogen-bond acceptors (Lipinski definition) is 4. The Labute approximate surface area is 120 Å². The average molecular weight is 468 g/mol. The molecule has 0 aromatic heterocycles. The minimum absolute atomic E-state index is 0.112. The zero-order chi connectivity index (χ0) is 12.5. The molecule has 2 rings (SSSR count). The maximum Gasteiger partial charge on any atom is 0.352 e. The molecular formula is C8H10I2N2O3S. The number of β-lactam (4-membered cyclic amide) rings is 1. The first-order valence-corrected chi connectivity index (χ1v) is 11.6. The van der Waals surface area contributed by atoms with Crippen LogP contribution in [0.4, 0.5) is 0 Å². The predicted molar refractivity (Wildman–Crippen MR) is 79.4 cm³/mol. The Kier molecular flexibility index (Phi) is 5.32. The quantitative estimate of drug-likeness (QED) is 0.449. The molecule has 16 heavy (non-hydrogen) atoms. The largest absolute Gasteiger partial charge is 0.477 e. The van der Waals surface area contributed by atoms with Crippen molar-refractivity contribution < 1.29 is 14.7 Å². The van der Waals surface area contributed by atoms with Crippen molar-refractivity contribution >= 4 is 60.9 Å². The fraction of sp³-hybridized carbons (Fsp3) is 0.500. The lowest BCUT2D eigenvalue weighted by molar-refractivity contribution is -0.147. The molecule has 0 aromatic rings. The van der Waals surface area contributed by atoms with Gasteiger partial charge in [-0.1, -0.05) is 0 Å². The molecule has 0 radical (unpaired) electrons. The maximum absolute atomic E-state index is 11.3. The Bertz CT molecular complexity index is 361. The molecule has 2 aliphatic rings. The first-order valence-electron chi connectivity index (χ1n) is 4.31. The number of hydrogen-bond donors (Lipinski definition) is 2. The average Bonchev–Trinajstić information content (AvgIpc) is 2.29. The van der Waals surface area contributed by atoms with Crippen LogP contribution in [-0.2, 0) is 9.59 Å². The van der Waals surface area contributed by atoms with Crippen molar-refractivity contribution in [2.45, 2.75) is 18.3 Å². The fourth-order valence-corrected chi connectivity index (χ4v) is 2.91. The molecule has 2 unspecified atom stereocenters. The van der Waals surface area contributed by atoms with E-state index in [-0.39, 0.29) is 17.0 Å². The van der Waals surface area contributed by atoms with Gasteiger partial charge in [0.15, 0.2) is 0 Å². The normalized spacial score (nSPS) is 27.8. The van der Waals surface area contributed by atoms with Crippen LogP contribution < -0.4 is 5.73 Å². The number of rotatable bonds is 1. The number of carbonyl (C=O) groups excluding carboxylic acids is 1. The Hall–Kier alpha value is 0.450. The van der Waals surface area contributed by atoms with E-state index in [2.05, 4.69) is 37.2 Å². The van der Waals surface area contributed by atoms with Gasteiger partial charge >= 0.3 is 5.97 Å². The monoisotopic (exact) mass is 468 g/mol. The van der Waals surface area contributed by atoms with E-state index in [4.69, 9.17) is 10.8 Å². The molecule has 0 saturated carbocycles. The second kappa shape index (κ2) is 5.87. The van der Waals surface area contributed by atoms with Gasteiger partial charge in [0.25, 0.3) is 0 Å². The molecule has 3 N–H and O–H groups in total. The third-order valence-electron chi connectivity index (χ3n) is 2.40. The van der Waals surface area contributed by atoms with E-state index in [9.17, 15) is 9.59 Å². The third kappa shape index (κ3) is 2.34. The SMILES string of the molecule is CC1=C(C(=O)O)N2C(=O)C(N)C2SC1.II. The van der Waals surface area contributed by atoms with E-state index in [0.717, 1.165) is 5.57 Å². The zero-order valence-corrected chi connectivity index (χ0v) is 13.4. The molecule has 1 saturated heterocycles. The van der Waals surface area contributed by atoms with Gasteiger partial charge < -0.3 is 10.8 Å². The number of carbonyl (C=O) groups is 2. The molecular weight excluding hydrogens is 458 g/mol. The van der Waals surface area contributed by atoms with E-state index in [1.54, 1.807) is 6.92 Å². The van der Waals surface area contributed by atoms with Crippen molar-refractivity contribution in [2.75, 3.05) is 5.75 Å². The van der Waals surface area contributed by atoms with Crippen molar-refractivity contribution in [1.82, 2.24) is 4.90 Å². The lowest BCUT2D eigenvalue weighted by Crippen LogP contribution is -2.68. The van der Waals surface area contributed by atoms with Crippen LogP contribution in [0, 0.1) is 0 Å². The molecule has 1 fully saturated rings. The molecule has 2 heterocycles. The minimum Gasteiger partial charge on any atom is -0.477 e. The minimum atomic E-state index is -1.05. The summed E-state index contributed by atoms with van der Waals surface area (Å²) in [4.78, 5) is 23.5. The van der Waals surface area contributed by atoms with Crippen molar-refractivity contribution in [3.63, 3.8) is 0 Å². The number of aliphatic carboxylic acids is 1. The van der Waals surface area contributed by atoms with Crippen molar-refractivity contribution in [2.24, 2.45) is 5.73 Å². The Morgan fingerprint density at radius 2 is 2.19 bits per heavy atom. The van der Waals surface area contributed by atoms with Gasteiger partial charge in [0.05, 0.1) is 0 Å². The highest BCUT2D eigenvalue weighted by molar-refractivity contribution is 15.0. The Morgan fingerprint density at radius 1 is 1.62 bits per heavy atom. The molecule has 0 aliphatic carbocycles. The van der Waals surface area contributed by atoms with Crippen LogP contribution in [0.3, 0.4) is 0 Å². The van der Waals surface area contributed by atoms with Gasteiger partial charge in [-0.05, 0) is 12.5 Å². The van der Waals surface area contributed by atoms with Crippen LogP contribution in [0.5, 0.6) is 0 Å². The highest BCUT2D eigenvalue weighted by Gasteiger charge is 2.51. The molecule has 90 valence electrons. The van der Waals surface area contributed by atoms with E-state index >= 15 is 0 Å². The highest BCUT2D eigenvalue weighted by Crippen LogP contribution is 2.38. The van der Waals surface area contributed by atoms with Gasteiger partial charge in [-0.25, -0.2) is 4.79 Å². The number of thioether (sulfide) groups is 1. The number of nitrogens with two attached hydrogens (primary N) is 1. The fourth-order valence-electron chi connectivity index (χ4n) is 1.67. The number of amides is 1. The van der Waals surface area contributed by atoms with E-state index in [1.807, 2.05) is 0 Å². The van der Waals surface area contributed by atoms with Crippen LogP contribution >= 0.6 is 49.0 Å². The summed E-state index contributed by atoms with van der Waals surface area (Å²) < 4.78 is 0. The van der Waals surface area contributed by atoms with Gasteiger partial charge in [-0.2, -0.15) is 0 Å². The molecule has 2 aliphatic heterocycles.